The zero-order chi connectivity index (χ0) is 49.4. The van der Waals surface area contributed by atoms with Crippen molar-refractivity contribution in [2.24, 2.45) is 0 Å². The molecule has 9 rings (SSSR count). The lowest BCUT2D eigenvalue weighted by Crippen LogP contribution is -2.20. The van der Waals surface area contributed by atoms with Crippen molar-refractivity contribution in [1.29, 1.82) is 0 Å². The minimum absolute atomic E-state index is 0.103. The number of rotatable bonds is 20. The number of aromatic nitrogens is 2. The second kappa shape index (κ2) is 26.0. The summed E-state index contributed by atoms with van der Waals surface area (Å²) >= 11 is 0. The van der Waals surface area contributed by atoms with Gasteiger partial charge in [0.05, 0.1) is 62.4 Å². The average Bonchev–Trinajstić information content (AvgIpc) is 3.36. The van der Waals surface area contributed by atoms with E-state index >= 15 is 0 Å². The first-order valence-corrected chi connectivity index (χ1v) is 25.0. The van der Waals surface area contributed by atoms with E-state index in [-0.39, 0.29) is 13.2 Å². The maximum Gasteiger partial charge on any atom is 0.126 e. The van der Waals surface area contributed by atoms with Gasteiger partial charge in [0.1, 0.15) is 49.4 Å². The molecule has 0 fully saturated rings. The van der Waals surface area contributed by atoms with Gasteiger partial charge in [-0.2, -0.15) is 0 Å². The van der Waals surface area contributed by atoms with E-state index in [2.05, 4.69) is 94.5 Å². The minimum atomic E-state index is -0.103. The molecule has 4 aromatic carbocycles. The third kappa shape index (κ3) is 14.2. The van der Waals surface area contributed by atoms with Crippen molar-refractivity contribution < 1.29 is 43.4 Å². The molecule has 10 bridgehead atoms. The van der Waals surface area contributed by atoms with Crippen LogP contribution in [0.25, 0.3) is 0 Å². The van der Waals surface area contributed by atoms with Crippen LogP contribution in [0.2, 0.25) is 0 Å². The fourth-order valence-electron chi connectivity index (χ4n) is 9.66. The van der Waals surface area contributed by atoms with Crippen molar-refractivity contribution in [3.05, 3.63) is 175 Å². The molecular formula is C58H70N4O9. The van der Waals surface area contributed by atoms with Crippen LogP contribution in [-0.4, -0.2) is 110 Å². The van der Waals surface area contributed by atoms with E-state index in [1.807, 2.05) is 50.2 Å². The van der Waals surface area contributed by atoms with Gasteiger partial charge in [0, 0.05) is 65.1 Å². The van der Waals surface area contributed by atoms with Crippen LogP contribution < -0.4 is 18.9 Å². The summed E-state index contributed by atoms with van der Waals surface area (Å²) in [7, 11) is 4.20. The fourth-order valence-corrected chi connectivity index (χ4v) is 9.66. The van der Waals surface area contributed by atoms with E-state index < -0.39 is 0 Å². The Hall–Kier alpha value is -5.90. The third-order valence-corrected chi connectivity index (χ3v) is 12.6. The molecule has 0 unspecified atom stereocenters. The van der Waals surface area contributed by atoms with E-state index in [4.69, 9.17) is 33.2 Å². The Labute approximate surface area is 419 Å². The highest BCUT2D eigenvalue weighted by Crippen LogP contribution is 2.40. The van der Waals surface area contributed by atoms with Crippen molar-refractivity contribution >= 4 is 0 Å². The summed E-state index contributed by atoms with van der Waals surface area (Å²) in [6, 6.07) is 33.6. The van der Waals surface area contributed by atoms with Gasteiger partial charge >= 0.3 is 0 Å². The van der Waals surface area contributed by atoms with Gasteiger partial charge in [-0.3, -0.25) is 19.8 Å². The summed E-state index contributed by atoms with van der Waals surface area (Å²) in [6.07, 6.45) is 2.17. The molecule has 13 nitrogen and oxygen atoms in total. The molecular weight excluding hydrogens is 897 g/mol. The number of hydrogen-bond acceptors (Lipinski definition) is 13. The Morgan fingerprint density at radius 1 is 0.465 bits per heavy atom. The predicted octanol–water partition coefficient (Wildman–Crippen LogP) is 8.02. The summed E-state index contributed by atoms with van der Waals surface area (Å²) in [5.74, 6) is 3.31. The van der Waals surface area contributed by atoms with Gasteiger partial charge in [-0.25, -0.2) is 0 Å². The summed E-state index contributed by atoms with van der Waals surface area (Å²) in [4.78, 5) is 13.9. The number of ether oxygens (including phenoxy) is 7. The highest BCUT2D eigenvalue weighted by atomic mass is 16.5. The molecule has 1 aliphatic carbocycles. The quantitative estimate of drug-likeness (QED) is 0.0564. The predicted molar refractivity (Wildman–Crippen MR) is 273 cm³/mol. The summed E-state index contributed by atoms with van der Waals surface area (Å²) in [6.45, 7) is 10.7. The van der Waals surface area contributed by atoms with Gasteiger partial charge in [0.25, 0.3) is 0 Å². The molecule has 0 atom stereocenters. The van der Waals surface area contributed by atoms with Gasteiger partial charge in [-0.05, 0) is 108 Å². The highest BCUT2D eigenvalue weighted by Gasteiger charge is 2.24. The lowest BCUT2D eigenvalue weighted by Gasteiger charge is -2.25. The molecule has 0 radical (unpaired) electrons. The number of fused-ring (bicyclic) bond motifs is 6. The molecule has 2 aromatic heterocycles. The number of para-hydroxylation sites is 2. The Kier molecular flexibility index (Phi) is 18.8. The van der Waals surface area contributed by atoms with Crippen LogP contribution in [0.5, 0.6) is 23.0 Å². The van der Waals surface area contributed by atoms with E-state index in [0.717, 1.165) is 90.0 Å². The summed E-state index contributed by atoms with van der Waals surface area (Å²) in [5, 5.41) is 19.6. The summed E-state index contributed by atoms with van der Waals surface area (Å²) < 4.78 is 45.3. The van der Waals surface area contributed by atoms with Gasteiger partial charge < -0.3 is 43.4 Å². The normalized spacial score (nSPS) is 13.7. The smallest absolute Gasteiger partial charge is 0.126 e. The number of aliphatic hydroxyl groups is 2. The second-order valence-electron chi connectivity index (χ2n) is 18.3. The first kappa shape index (κ1) is 51.5. The number of pyridine rings is 2. The molecule has 0 saturated heterocycles. The fraction of sp³-hybridized carbons (Fsp3) is 0.414. The molecule has 0 saturated carbocycles. The largest absolute Gasteiger partial charge is 0.491 e. The number of nitrogens with zero attached hydrogens (tertiary/aromatic N) is 4. The van der Waals surface area contributed by atoms with Crippen LogP contribution in [0.3, 0.4) is 0 Å². The molecule has 0 spiro atoms. The number of hydrogen-bond donors (Lipinski definition) is 2. The molecule has 3 aliphatic rings. The molecule has 13 heteroatoms. The van der Waals surface area contributed by atoms with E-state index in [9.17, 15) is 10.2 Å². The van der Waals surface area contributed by atoms with Crippen molar-refractivity contribution in [2.45, 2.75) is 78.9 Å². The molecule has 2 N–H and O–H groups in total. The van der Waals surface area contributed by atoms with Crippen molar-refractivity contribution in [3.8, 4) is 23.0 Å². The molecule has 71 heavy (non-hydrogen) atoms. The molecule has 0 amide bonds. The van der Waals surface area contributed by atoms with E-state index in [1.54, 1.807) is 0 Å². The second-order valence-corrected chi connectivity index (χ2v) is 18.3. The van der Waals surface area contributed by atoms with Gasteiger partial charge in [0.15, 0.2) is 0 Å². The Morgan fingerprint density at radius 3 is 1.20 bits per heavy atom. The monoisotopic (exact) mass is 967 g/mol. The molecule has 2 aliphatic heterocycles. The lowest BCUT2D eigenvalue weighted by atomic mass is 9.89. The van der Waals surface area contributed by atoms with Gasteiger partial charge in [-0.15, -0.1) is 0 Å². The van der Waals surface area contributed by atoms with Crippen LogP contribution in [0.15, 0.2) is 97.1 Å². The molecule has 4 heterocycles. The standard InChI is InChI=1S/C58H70N4O9/c1-5-65-19-23-68-55-43-11-7-12-44(55)32-48-28-42(36-62(4)38-52-16-10-18-54(40-64)60-52)30-50-34-46-14-8-13-45(56(46)69-24-20-66-6-2)33-49-29-41(35-61(3)37-51-15-9-17-53(39-63)59-51)27-47(31-43)57(49)70-25-21-67-22-26-71-58(48)50/h7-18,27-30,63-64H,5-6,19-26,31-40H2,1-4H3. The summed E-state index contributed by atoms with van der Waals surface area (Å²) in [5.41, 5.74) is 13.7. The van der Waals surface area contributed by atoms with E-state index in [1.165, 1.54) is 0 Å². The zero-order valence-corrected chi connectivity index (χ0v) is 41.9. The van der Waals surface area contributed by atoms with Crippen LogP contribution in [0.4, 0.5) is 0 Å². The number of aliphatic hydroxyl groups excluding tert-OH is 2. The van der Waals surface area contributed by atoms with Gasteiger partial charge in [0.2, 0.25) is 0 Å². The van der Waals surface area contributed by atoms with Crippen LogP contribution in [0.1, 0.15) is 92.3 Å². The van der Waals surface area contributed by atoms with Crippen LogP contribution in [-0.2, 0) is 79.3 Å². The maximum atomic E-state index is 9.82. The topological polar surface area (TPSA) is 137 Å². The average molecular weight is 967 g/mol. The Bertz CT molecular complexity index is 2410. The number of benzene rings is 4. The Balaban J connectivity index is 1.30. The maximum absolute atomic E-state index is 9.82. The third-order valence-electron chi connectivity index (χ3n) is 12.6. The molecule has 6 aromatic rings. The SMILES string of the molecule is CCOCCOc1c2cccc1Cc1cc(CN(C)Cc3cccc(CO)n3)cc3c1OCCOCCOc1c(cc(CN(C)Cc4cccc(CO)n4)cc1Cc1cccc(c1OCCOCC)C3)C2. The van der Waals surface area contributed by atoms with E-state index in [0.29, 0.717) is 129 Å². The van der Waals surface area contributed by atoms with Gasteiger partial charge in [-0.1, -0.05) is 72.8 Å². The van der Waals surface area contributed by atoms with Crippen LogP contribution >= 0.6 is 0 Å². The zero-order valence-electron chi connectivity index (χ0n) is 41.9. The van der Waals surface area contributed by atoms with Crippen molar-refractivity contribution in [2.75, 3.05) is 80.2 Å². The first-order chi connectivity index (χ1) is 34.8. The Morgan fingerprint density at radius 2 is 0.831 bits per heavy atom. The first-order valence-electron chi connectivity index (χ1n) is 25.0. The highest BCUT2D eigenvalue weighted by molar-refractivity contribution is 5.57. The van der Waals surface area contributed by atoms with Crippen LogP contribution in [0, 0.1) is 0 Å². The molecule has 376 valence electrons. The minimum Gasteiger partial charge on any atom is -0.491 e. The van der Waals surface area contributed by atoms with Crippen molar-refractivity contribution in [1.82, 2.24) is 19.8 Å². The van der Waals surface area contributed by atoms with Crippen molar-refractivity contribution in [3.63, 3.8) is 0 Å². The lowest BCUT2D eigenvalue weighted by molar-refractivity contribution is 0.0755.